The first-order valence-corrected chi connectivity index (χ1v) is 10.2. The smallest absolute Gasteiger partial charge is 0.249 e. The van der Waals surface area contributed by atoms with Gasteiger partial charge in [-0.3, -0.25) is 19.2 Å². The van der Waals surface area contributed by atoms with Crippen molar-refractivity contribution in [3.05, 3.63) is 0 Å². The molecule has 4 fully saturated rings. The molecule has 0 aromatic carbocycles. The van der Waals surface area contributed by atoms with E-state index in [9.17, 15) is 19.2 Å². The molecule has 3 heterocycles. The summed E-state index contributed by atoms with van der Waals surface area (Å²) in [5.74, 6) is -0.580. The van der Waals surface area contributed by atoms with Crippen molar-refractivity contribution in [1.82, 2.24) is 20.4 Å². The molecule has 1 saturated carbocycles. The molecule has 9 heteroatoms. The van der Waals surface area contributed by atoms with E-state index in [-0.39, 0.29) is 48.2 Å². The maximum absolute atomic E-state index is 13.2. The Morgan fingerprint density at radius 3 is 2.68 bits per heavy atom. The highest BCUT2D eigenvalue weighted by molar-refractivity contribution is 5.96. The second-order valence-electron chi connectivity index (χ2n) is 8.30. The Hall–Kier alpha value is -2.16. The Morgan fingerprint density at radius 2 is 1.96 bits per heavy atom. The van der Waals surface area contributed by atoms with Crippen molar-refractivity contribution < 1.29 is 23.9 Å². The number of rotatable bonds is 4. The first kappa shape index (κ1) is 19.2. The number of hydrogen-bond acceptors (Lipinski definition) is 5. The molecule has 28 heavy (non-hydrogen) atoms. The van der Waals surface area contributed by atoms with E-state index in [1.165, 1.54) is 12.0 Å². The van der Waals surface area contributed by atoms with Gasteiger partial charge in [0.2, 0.25) is 23.6 Å². The van der Waals surface area contributed by atoms with Gasteiger partial charge in [-0.25, -0.2) is 0 Å². The van der Waals surface area contributed by atoms with E-state index in [1.54, 1.807) is 4.90 Å². The molecular formula is C19H28N4O5. The molecule has 4 rings (SSSR count). The van der Waals surface area contributed by atoms with E-state index in [2.05, 4.69) is 10.6 Å². The summed E-state index contributed by atoms with van der Waals surface area (Å²) in [6, 6.07) is -1.88. The molecule has 0 aromatic rings. The van der Waals surface area contributed by atoms with E-state index in [1.807, 2.05) is 0 Å². The van der Waals surface area contributed by atoms with Gasteiger partial charge in [0, 0.05) is 32.2 Å². The van der Waals surface area contributed by atoms with Gasteiger partial charge in [0.15, 0.2) is 0 Å². The van der Waals surface area contributed by atoms with Crippen molar-refractivity contribution in [3.63, 3.8) is 0 Å². The average molecular weight is 392 g/mol. The van der Waals surface area contributed by atoms with Gasteiger partial charge in [-0.2, -0.15) is 0 Å². The minimum atomic E-state index is -0.694. The van der Waals surface area contributed by atoms with E-state index in [4.69, 9.17) is 4.74 Å². The lowest BCUT2D eigenvalue weighted by atomic mass is 10.1. The second-order valence-corrected chi connectivity index (χ2v) is 8.30. The third-order valence-electron chi connectivity index (χ3n) is 6.53. The van der Waals surface area contributed by atoms with E-state index in [0.717, 1.165) is 25.7 Å². The van der Waals surface area contributed by atoms with Gasteiger partial charge in [-0.15, -0.1) is 0 Å². The van der Waals surface area contributed by atoms with Gasteiger partial charge in [-0.1, -0.05) is 12.8 Å². The molecule has 1 aliphatic carbocycles. The van der Waals surface area contributed by atoms with Crippen molar-refractivity contribution >= 4 is 23.6 Å². The predicted octanol–water partition coefficient (Wildman–Crippen LogP) is -0.992. The maximum atomic E-state index is 13.2. The molecule has 154 valence electrons. The van der Waals surface area contributed by atoms with Crippen molar-refractivity contribution in [3.8, 4) is 0 Å². The Bertz CT molecular complexity index is 677. The summed E-state index contributed by atoms with van der Waals surface area (Å²) >= 11 is 0. The highest BCUT2D eigenvalue weighted by Crippen LogP contribution is 2.30. The van der Waals surface area contributed by atoms with Crippen LogP contribution in [0, 0.1) is 5.92 Å². The number of ether oxygens (including phenoxy) is 1. The van der Waals surface area contributed by atoms with Gasteiger partial charge >= 0.3 is 0 Å². The third-order valence-corrected chi connectivity index (χ3v) is 6.53. The first-order valence-electron chi connectivity index (χ1n) is 10.2. The molecule has 0 radical (unpaired) electrons. The van der Waals surface area contributed by atoms with Crippen molar-refractivity contribution in [2.24, 2.45) is 5.92 Å². The van der Waals surface area contributed by atoms with Crippen LogP contribution in [0.25, 0.3) is 0 Å². The zero-order valence-corrected chi connectivity index (χ0v) is 16.2. The summed E-state index contributed by atoms with van der Waals surface area (Å²) in [7, 11) is 1.44. The molecule has 4 atom stereocenters. The number of carbonyl (C=O) groups excluding carboxylic acids is 4. The predicted molar refractivity (Wildman–Crippen MR) is 97.9 cm³/mol. The third kappa shape index (κ3) is 3.36. The fourth-order valence-electron chi connectivity index (χ4n) is 5.12. The van der Waals surface area contributed by atoms with Crippen LogP contribution in [-0.2, 0) is 23.9 Å². The topological polar surface area (TPSA) is 108 Å². The second kappa shape index (κ2) is 7.69. The van der Waals surface area contributed by atoms with Crippen molar-refractivity contribution in [1.29, 1.82) is 0 Å². The van der Waals surface area contributed by atoms with Gasteiger partial charge in [0.1, 0.15) is 18.7 Å². The summed E-state index contributed by atoms with van der Waals surface area (Å²) in [5.41, 5.74) is 0. The normalized spacial score (nSPS) is 32.8. The van der Waals surface area contributed by atoms with Crippen LogP contribution in [0.4, 0.5) is 0 Å². The van der Waals surface area contributed by atoms with E-state index >= 15 is 0 Å². The van der Waals surface area contributed by atoms with Crippen LogP contribution in [0.15, 0.2) is 0 Å². The van der Waals surface area contributed by atoms with Crippen molar-refractivity contribution in [2.75, 3.05) is 26.8 Å². The molecule has 3 aliphatic heterocycles. The van der Waals surface area contributed by atoms with Gasteiger partial charge < -0.3 is 25.2 Å². The maximum Gasteiger partial charge on any atom is 0.249 e. The molecule has 0 unspecified atom stereocenters. The highest BCUT2D eigenvalue weighted by Gasteiger charge is 2.52. The average Bonchev–Trinajstić information content (AvgIpc) is 3.39. The van der Waals surface area contributed by atoms with Crippen LogP contribution in [0.5, 0.6) is 0 Å². The minimum Gasteiger partial charge on any atom is -0.375 e. The number of amides is 4. The Balaban J connectivity index is 1.47. The molecule has 2 N–H and O–H groups in total. The minimum absolute atomic E-state index is 0.0312. The lowest BCUT2D eigenvalue weighted by Gasteiger charge is -2.29. The standard InChI is InChI=1S/C19H28N4O5/c1-28-10-15(24)22-7-6-13-16(22)19(27)23-9-12(8-14(23)18(26)21-13)20-17(25)11-4-2-3-5-11/h11-14,16H,2-10H2,1H3,(H,20,25)(H,21,26)/t12-,13-,14+,16-/m0/s1. The fourth-order valence-corrected chi connectivity index (χ4v) is 5.12. The number of methoxy groups -OCH3 is 1. The van der Waals surface area contributed by atoms with Crippen LogP contribution in [0.2, 0.25) is 0 Å². The van der Waals surface area contributed by atoms with E-state index < -0.39 is 12.1 Å². The number of fused-ring (bicyclic) bond motifs is 2. The summed E-state index contributed by atoms with van der Waals surface area (Å²) in [5, 5.41) is 5.99. The van der Waals surface area contributed by atoms with Crippen LogP contribution in [-0.4, -0.2) is 84.4 Å². The SMILES string of the molecule is COCC(=O)N1CC[C@@H]2NC(=O)[C@H]3C[C@H](NC(=O)C4CCCC4)CN3C(=O)[C@H]21. The lowest BCUT2D eigenvalue weighted by molar-refractivity contribution is -0.146. The van der Waals surface area contributed by atoms with Gasteiger partial charge in [0.05, 0.1) is 6.04 Å². The Morgan fingerprint density at radius 1 is 1.21 bits per heavy atom. The fraction of sp³-hybridized carbons (Fsp3) is 0.789. The molecule has 4 aliphatic rings. The summed E-state index contributed by atoms with van der Waals surface area (Å²) in [6.07, 6.45) is 4.94. The number of nitrogens with one attached hydrogen (secondary N) is 2. The zero-order chi connectivity index (χ0) is 19.8. The number of hydrogen-bond donors (Lipinski definition) is 2. The first-order chi connectivity index (χ1) is 13.5. The molecule has 9 nitrogen and oxygen atoms in total. The molecule has 4 amide bonds. The molecule has 0 bridgehead atoms. The molecular weight excluding hydrogens is 364 g/mol. The molecule has 3 saturated heterocycles. The number of carbonyl (C=O) groups is 4. The number of nitrogens with zero attached hydrogens (tertiary/aromatic N) is 2. The van der Waals surface area contributed by atoms with Crippen molar-refractivity contribution in [2.45, 2.75) is 62.7 Å². The zero-order valence-electron chi connectivity index (χ0n) is 16.2. The molecule has 0 aromatic heterocycles. The molecule has 0 spiro atoms. The number of likely N-dealkylation sites (tertiary alicyclic amines) is 1. The van der Waals surface area contributed by atoms with Crippen LogP contribution in [0.1, 0.15) is 38.5 Å². The summed E-state index contributed by atoms with van der Waals surface area (Å²) in [4.78, 5) is 53.8. The highest BCUT2D eigenvalue weighted by atomic mass is 16.5. The lowest BCUT2D eigenvalue weighted by Crippen LogP contribution is -2.53. The summed E-state index contributed by atoms with van der Waals surface area (Å²) < 4.78 is 4.93. The van der Waals surface area contributed by atoms with Gasteiger partial charge in [-0.05, 0) is 25.7 Å². The van der Waals surface area contributed by atoms with E-state index in [0.29, 0.717) is 25.9 Å². The Kier molecular flexibility index (Phi) is 5.27. The van der Waals surface area contributed by atoms with Gasteiger partial charge in [0.25, 0.3) is 0 Å². The van der Waals surface area contributed by atoms with Crippen LogP contribution < -0.4 is 10.6 Å². The quantitative estimate of drug-likeness (QED) is 0.639. The monoisotopic (exact) mass is 392 g/mol. The largest absolute Gasteiger partial charge is 0.375 e. The summed E-state index contributed by atoms with van der Waals surface area (Å²) in [6.45, 7) is 0.642. The van der Waals surface area contributed by atoms with Crippen LogP contribution >= 0.6 is 0 Å². The Labute approximate surface area is 164 Å². The van der Waals surface area contributed by atoms with Crippen LogP contribution in [0.3, 0.4) is 0 Å².